The second-order valence-corrected chi connectivity index (χ2v) is 4.35. The highest BCUT2D eigenvalue weighted by molar-refractivity contribution is 6.01. The first-order valence-electron chi connectivity index (χ1n) is 5.28. The summed E-state index contributed by atoms with van der Waals surface area (Å²) in [5.41, 5.74) is 5.15. The molecule has 78 valence electrons. The van der Waals surface area contributed by atoms with Gasteiger partial charge in [0.05, 0.1) is 0 Å². The number of nitrogens with one attached hydrogen (secondary N) is 1. The van der Waals surface area contributed by atoms with E-state index in [2.05, 4.69) is 5.32 Å². The molecule has 1 heterocycles. The minimum absolute atomic E-state index is 0.172. The summed E-state index contributed by atoms with van der Waals surface area (Å²) in [4.78, 5) is 22.3. The van der Waals surface area contributed by atoms with E-state index >= 15 is 0 Å². The molecule has 0 aromatic carbocycles. The molecule has 4 heteroatoms. The molecule has 0 aromatic rings. The molecular weight excluding hydrogens is 180 g/mol. The summed E-state index contributed by atoms with van der Waals surface area (Å²) in [6.45, 7) is 0. The monoisotopic (exact) mass is 196 g/mol. The number of nitrogens with two attached hydrogens (primary N) is 1. The van der Waals surface area contributed by atoms with Crippen molar-refractivity contribution >= 4 is 11.8 Å². The van der Waals surface area contributed by atoms with E-state index in [4.69, 9.17) is 5.73 Å². The average molecular weight is 196 g/mol. The molecule has 0 aromatic heterocycles. The van der Waals surface area contributed by atoms with Gasteiger partial charge >= 0.3 is 0 Å². The minimum atomic E-state index is -0.583. The number of rotatable bonds is 2. The van der Waals surface area contributed by atoms with Crippen LogP contribution in [0, 0.1) is 11.8 Å². The Hall–Kier alpha value is -1.06. The second kappa shape index (κ2) is 3.59. The zero-order valence-electron chi connectivity index (χ0n) is 8.16. The van der Waals surface area contributed by atoms with Gasteiger partial charge in [-0.25, -0.2) is 0 Å². The summed E-state index contributed by atoms with van der Waals surface area (Å²) in [5.74, 6) is -0.665. The third kappa shape index (κ3) is 1.61. The van der Waals surface area contributed by atoms with Crippen molar-refractivity contribution in [3.63, 3.8) is 0 Å². The Balaban J connectivity index is 1.98. The van der Waals surface area contributed by atoms with E-state index in [-0.39, 0.29) is 11.9 Å². The van der Waals surface area contributed by atoms with Crippen LogP contribution in [-0.2, 0) is 9.59 Å². The van der Waals surface area contributed by atoms with Crippen LogP contribution < -0.4 is 11.1 Å². The molecule has 2 atom stereocenters. The molecule has 2 unspecified atom stereocenters. The van der Waals surface area contributed by atoms with E-state index in [0.717, 1.165) is 0 Å². The van der Waals surface area contributed by atoms with Crippen LogP contribution in [0.5, 0.6) is 0 Å². The third-order valence-electron chi connectivity index (χ3n) is 3.45. The summed E-state index contributed by atoms with van der Waals surface area (Å²) >= 11 is 0. The molecule has 4 nitrogen and oxygen atoms in total. The van der Waals surface area contributed by atoms with Crippen LogP contribution in [0.1, 0.15) is 32.1 Å². The van der Waals surface area contributed by atoms with Crippen molar-refractivity contribution in [3.05, 3.63) is 0 Å². The van der Waals surface area contributed by atoms with Crippen LogP contribution in [0.3, 0.4) is 0 Å². The van der Waals surface area contributed by atoms with Gasteiger partial charge in [0.1, 0.15) is 5.92 Å². The summed E-state index contributed by atoms with van der Waals surface area (Å²) in [6, 6.07) is 0.197. The highest BCUT2D eigenvalue weighted by atomic mass is 16.2. The van der Waals surface area contributed by atoms with E-state index in [0.29, 0.717) is 12.3 Å². The lowest BCUT2D eigenvalue weighted by Crippen LogP contribution is -2.33. The molecule has 1 saturated carbocycles. The van der Waals surface area contributed by atoms with Crippen molar-refractivity contribution in [2.24, 2.45) is 17.6 Å². The fourth-order valence-electron chi connectivity index (χ4n) is 2.62. The quantitative estimate of drug-likeness (QED) is 0.618. The molecule has 1 saturated heterocycles. The van der Waals surface area contributed by atoms with Crippen molar-refractivity contribution in [3.8, 4) is 0 Å². The first kappa shape index (κ1) is 9.49. The fraction of sp³-hybridized carbons (Fsp3) is 0.800. The summed E-state index contributed by atoms with van der Waals surface area (Å²) in [7, 11) is 0. The molecular formula is C10H16N2O2. The first-order valence-corrected chi connectivity index (χ1v) is 5.28. The van der Waals surface area contributed by atoms with Crippen molar-refractivity contribution in [1.82, 2.24) is 5.32 Å². The molecule has 14 heavy (non-hydrogen) atoms. The molecule has 2 aliphatic rings. The van der Waals surface area contributed by atoms with Gasteiger partial charge in [0.25, 0.3) is 0 Å². The molecule has 0 bridgehead atoms. The van der Waals surface area contributed by atoms with Crippen LogP contribution >= 0.6 is 0 Å². The molecule has 0 radical (unpaired) electrons. The Labute approximate surface area is 83.2 Å². The largest absolute Gasteiger partial charge is 0.369 e. The standard InChI is InChI=1S/C10H16N2O2/c11-9(13)7-5-8(12-10(7)14)6-3-1-2-4-6/h6-8H,1-5H2,(H2,11,13)(H,12,14). The highest BCUT2D eigenvalue weighted by Gasteiger charge is 2.39. The Morgan fingerprint density at radius 3 is 2.50 bits per heavy atom. The first-order chi connectivity index (χ1) is 6.68. The van der Waals surface area contributed by atoms with Crippen molar-refractivity contribution in [1.29, 1.82) is 0 Å². The van der Waals surface area contributed by atoms with E-state index < -0.39 is 11.8 Å². The Morgan fingerprint density at radius 1 is 1.36 bits per heavy atom. The lowest BCUT2D eigenvalue weighted by Gasteiger charge is -2.17. The van der Waals surface area contributed by atoms with Crippen LogP contribution in [0.25, 0.3) is 0 Å². The van der Waals surface area contributed by atoms with Gasteiger partial charge in [-0.3, -0.25) is 9.59 Å². The van der Waals surface area contributed by atoms with E-state index in [1.807, 2.05) is 0 Å². The van der Waals surface area contributed by atoms with Gasteiger partial charge < -0.3 is 11.1 Å². The van der Waals surface area contributed by atoms with E-state index in [1.165, 1.54) is 25.7 Å². The Morgan fingerprint density at radius 2 is 2.00 bits per heavy atom. The number of hydrogen-bond donors (Lipinski definition) is 2. The van der Waals surface area contributed by atoms with Gasteiger partial charge in [0.2, 0.25) is 11.8 Å². The molecule has 0 spiro atoms. The SMILES string of the molecule is NC(=O)C1CC(C2CCCC2)NC1=O. The van der Waals surface area contributed by atoms with Crippen LogP contribution in [0.4, 0.5) is 0 Å². The zero-order chi connectivity index (χ0) is 10.1. The van der Waals surface area contributed by atoms with Gasteiger partial charge in [-0.15, -0.1) is 0 Å². The second-order valence-electron chi connectivity index (χ2n) is 4.35. The summed E-state index contributed by atoms with van der Waals surface area (Å²) in [6.07, 6.45) is 5.46. The number of carbonyl (C=O) groups is 2. The maximum absolute atomic E-state index is 11.4. The third-order valence-corrected chi connectivity index (χ3v) is 3.45. The van der Waals surface area contributed by atoms with Gasteiger partial charge in [-0.2, -0.15) is 0 Å². The Bertz CT molecular complexity index is 259. The smallest absolute Gasteiger partial charge is 0.232 e. The lowest BCUT2D eigenvalue weighted by atomic mass is 9.93. The number of hydrogen-bond acceptors (Lipinski definition) is 2. The normalized spacial score (nSPS) is 33.3. The van der Waals surface area contributed by atoms with Crippen LogP contribution in [0.2, 0.25) is 0 Å². The minimum Gasteiger partial charge on any atom is -0.369 e. The molecule has 3 N–H and O–H groups in total. The summed E-state index contributed by atoms with van der Waals surface area (Å²) in [5, 5.41) is 2.89. The van der Waals surface area contributed by atoms with E-state index in [9.17, 15) is 9.59 Å². The zero-order valence-corrected chi connectivity index (χ0v) is 8.16. The van der Waals surface area contributed by atoms with E-state index in [1.54, 1.807) is 0 Å². The number of amides is 2. The topological polar surface area (TPSA) is 72.2 Å². The van der Waals surface area contributed by atoms with Gasteiger partial charge in [0.15, 0.2) is 0 Å². The predicted molar refractivity (Wildman–Crippen MR) is 51.2 cm³/mol. The highest BCUT2D eigenvalue weighted by Crippen LogP contribution is 2.32. The van der Waals surface area contributed by atoms with Crippen LogP contribution in [-0.4, -0.2) is 17.9 Å². The maximum atomic E-state index is 11.4. The van der Waals surface area contributed by atoms with Crippen molar-refractivity contribution < 1.29 is 9.59 Å². The summed E-state index contributed by atoms with van der Waals surface area (Å²) < 4.78 is 0. The number of carbonyl (C=O) groups excluding carboxylic acids is 2. The fourth-order valence-corrected chi connectivity index (χ4v) is 2.62. The molecule has 2 fully saturated rings. The maximum Gasteiger partial charge on any atom is 0.232 e. The molecule has 1 aliphatic heterocycles. The molecule has 2 rings (SSSR count). The van der Waals surface area contributed by atoms with Gasteiger partial charge in [0, 0.05) is 6.04 Å². The Kier molecular flexibility index (Phi) is 2.44. The molecule has 1 aliphatic carbocycles. The lowest BCUT2D eigenvalue weighted by molar-refractivity contribution is -0.131. The van der Waals surface area contributed by atoms with Gasteiger partial charge in [-0.05, 0) is 25.2 Å². The van der Waals surface area contributed by atoms with Crippen LogP contribution in [0.15, 0.2) is 0 Å². The number of primary amides is 1. The van der Waals surface area contributed by atoms with Gasteiger partial charge in [-0.1, -0.05) is 12.8 Å². The van der Waals surface area contributed by atoms with Crippen molar-refractivity contribution in [2.45, 2.75) is 38.1 Å². The average Bonchev–Trinajstić information content (AvgIpc) is 2.70. The van der Waals surface area contributed by atoms with Crippen molar-refractivity contribution in [2.75, 3.05) is 0 Å². The predicted octanol–water partition coefficient (Wildman–Crippen LogP) is 0.167. The molecule has 2 amide bonds.